The molecule has 2 aromatic rings. The van der Waals surface area contributed by atoms with Gasteiger partial charge in [0, 0.05) is 7.05 Å². The molecular formula is C12H18N4OS. The summed E-state index contributed by atoms with van der Waals surface area (Å²) in [4.78, 5) is 20.0. The first-order valence-electron chi connectivity index (χ1n) is 6.26. The molecule has 0 aliphatic rings. The number of nitrogens with zero attached hydrogens (tertiary/aromatic N) is 3. The van der Waals surface area contributed by atoms with Crippen molar-refractivity contribution in [3.8, 4) is 0 Å². The SMILES string of the molecule is CCCCCCSc1ncnc2c(=O)n(C)[nH]c12. The van der Waals surface area contributed by atoms with Crippen molar-refractivity contribution in [2.45, 2.75) is 37.6 Å². The first kappa shape index (κ1) is 13.1. The summed E-state index contributed by atoms with van der Waals surface area (Å²) in [5, 5.41) is 3.88. The molecule has 2 heterocycles. The number of aromatic amines is 1. The lowest BCUT2D eigenvalue weighted by atomic mass is 10.2. The Labute approximate surface area is 110 Å². The molecule has 0 aliphatic carbocycles. The van der Waals surface area contributed by atoms with Crippen LogP contribution in [0.2, 0.25) is 0 Å². The van der Waals surface area contributed by atoms with Crippen LogP contribution >= 0.6 is 11.8 Å². The van der Waals surface area contributed by atoms with Crippen molar-refractivity contribution in [1.82, 2.24) is 19.7 Å². The topological polar surface area (TPSA) is 63.6 Å². The predicted molar refractivity (Wildman–Crippen MR) is 74.0 cm³/mol. The number of hydrogen-bond acceptors (Lipinski definition) is 4. The number of rotatable bonds is 6. The highest BCUT2D eigenvalue weighted by Gasteiger charge is 2.10. The minimum Gasteiger partial charge on any atom is -0.291 e. The van der Waals surface area contributed by atoms with Gasteiger partial charge in [-0.25, -0.2) is 9.97 Å². The van der Waals surface area contributed by atoms with Crippen LogP contribution in [0, 0.1) is 0 Å². The van der Waals surface area contributed by atoms with E-state index in [4.69, 9.17) is 0 Å². The maximum Gasteiger partial charge on any atom is 0.292 e. The van der Waals surface area contributed by atoms with Crippen LogP contribution in [0.4, 0.5) is 0 Å². The second-order valence-electron chi connectivity index (χ2n) is 4.29. The van der Waals surface area contributed by atoms with Crippen molar-refractivity contribution >= 4 is 22.8 Å². The normalized spacial score (nSPS) is 11.2. The Morgan fingerprint density at radius 3 is 2.94 bits per heavy atom. The zero-order valence-electron chi connectivity index (χ0n) is 10.8. The first-order valence-corrected chi connectivity index (χ1v) is 7.25. The average Bonchev–Trinajstić information content (AvgIpc) is 2.66. The van der Waals surface area contributed by atoms with Crippen LogP contribution < -0.4 is 5.56 Å². The lowest BCUT2D eigenvalue weighted by Crippen LogP contribution is -2.11. The van der Waals surface area contributed by atoms with Gasteiger partial charge in [-0.15, -0.1) is 11.8 Å². The molecule has 0 fully saturated rings. The number of aromatic nitrogens is 4. The van der Waals surface area contributed by atoms with E-state index in [1.165, 1.54) is 36.7 Å². The lowest BCUT2D eigenvalue weighted by Gasteiger charge is -2.01. The van der Waals surface area contributed by atoms with E-state index < -0.39 is 0 Å². The van der Waals surface area contributed by atoms with Crippen LogP contribution in [0.5, 0.6) is 0 Å². The molecule has 98 valence electrons. The van der Waals surface area contributed by atoms with Gasteiger partial charge in [-0.05, 0) is 12.2 Å². The average molecular weight is 266 g/mol. The molecule has 0 unspecified atom stereocenters. The second kappa shape index (κ2) is 6.04. The van der Waals surface area contributed by atoms with Crippen molar-refractivity contribution in [2.24, 2.45) is 7.05 Å². The number of thioether (sulfide) groups is 1. The second-order valence-corrected chi connectivity index (χ2v) is 5.37. The zero-order valence-corrected chi connectivity index (χ0v) is 11.6. The summed E-state index contributed by atoms with van der Waals surface area (Å²) in [6, 6.07) is 0. The number of H-pyrrole nitrogens is 1. The highest BCUT2D eigenvalue weighted by Crippen LogP contribution is 2.22. The van der Waals surface area contributed by atoms with E-state index in [2.05, 4.69) is 22.0 Å². The van der Waals surface area contributed by atoms with Gasteiger partial charge in [0.05, 0.1) is 0 Å². The van der Waals surface area contributed by atoms with Crippen molar-refractivity contribution in [1.29, 1.82) is 0 Å². The highest BCUT2D eigenvalue weighted by molar-refractivity contribution is 7.99. The quantitative estimate of drug-likeness (QED) is 0.495. The van der Waals surface area contributed by atoms with Crippen LogP contribution in [0.15, 0.2) is 16.1 Å². The fraction of sp³-hybridized carbons (Fsp3) is 0.583. The van der Waals surface area contributed by atoms with Crippen LogP contribution in [-0.2, 0) is 7.05 Å². The summed E-state index contributed by atoms with van der Waals surface area (Å²) in [5.41, 5.74) is 1.13. The van der Waals surface area contributed by atoms with Gasteiger partial charge in [-0.1, -0.05) is 26.2 Å². The molecule has 18 heavy (non-hydrogen) atoms. The van der Waals surface area contributed by atoms with E-state index in [0.717, 1.165) is 16.3 Å². The molecule has 0 atom stereocenters. The van der Waals surface area contributed by atoms with Gasteiger partial charge in [0.25, 0.3) is 5.56 Å². The molecule has 0 radical (unpaired) electrons. The van der Waals surface area contributed by atoms with Crippen LogP contribution in [-0.4, -0.2) is 25.5 Å². The number of fused-ring (bicyclic) bond motifs is 1. The molecule has 0 saturated heterocycles. The number of nitrogens with one attached hydrogen (secondary N) is 1. The molecule has 1 N–H and O–H groups in total. The molecule has 2 aromatic heterocycles. The fourth-order valence-electron chi connectivity index (χ4n) is 1.82. The maximum atomic E-state index is 11.7. The number of aryl methyl sites for hydroxylation is 1. The van der Waals surface area contributed by atoms with E-state index in [1.54, 1.807) is 18.8 Å². The Balaban J connectivity index is 2.09. The molecular weight excluding hydrogens is 248 g/mol. The third kappa shape index (κ3) is 2.75. The third-order valence-corrected chi connectivity index (χ3v) is 3.91. The van der Waals surface area contributed by atoms with Crippen molar-refractivity contribution in [3.63, 3.8) is 0 Å². The van der Waals surface area contributed by atoms with Gasteiger partial charge < -0.3 is 0 Å². The van der Waals surface area contributed by atoms with Gasteiger partial charge in [-0.2, -0.15) is 0 Å². The van der Waals surface area contributed by atoms with Crippen molar-refractivity contribution in [3.05, 3.63) is 16.7 Å². The summed E-state index contributed by atoms with van der Waals surface area (Å²) < 4.78 is 1.44. The van der Waals surface area contributed by atoms with Gasteiger partial charge in [0.15, 0.2) is 5.52 Å². The Morgan fingerprint density at radius 1 is 1.33 bits per heavy atom. The lowest BCUT2D eigenvalue weighted by molar-refractivity contribution is 0.706. The molecule has 0 bridgehead atoms. The summed E-state index contributed by atoms with van der Waals surface area (Å²) in [6.07, 6.45) is 6.42. The van der Waals surface area contributed by atoms with E-state index in [0.29, 0.717) is 5.52 Å². The minimum atomic E-state index is -0.0970. The predicted octanol–water partition coefficient (Wildman–Crippen LogP) is 2.33. The van der Waals surface area contributed by atoms with Crippen LogP contribution in [0.1, 0.15) is 32.6 Å². The molecule has 0 aliphatic heterocycles. The molecule has 0 amide bonds. The number of unbranched alkanes of at least 4 members (excludes halogenated alkanes) is 3. The third-order valence-electron chi connectivity index (χ3n) is 2.84. The van der Waals surface area contributed by atoms with Crippen molar-refractivity contribution in [2.75, 3.05) is 5.75 Å². The zero-order chi connectivity index (χ0) is 13.0. The minimum absolute atomic E-state index is 0.0970. The van der Waals surface area contributed by atoms with Gasteiger partial charge in [0.1, 0.15) is 16.9 Å². The molecule has 6 heteroatoms. The highest BCUT2D eigenvalue weighted by atomic mass is 32.2. The van der Waals surface area contributed by atoms with Crippen molar-refractivity contribution < 1.29 is 0 Å². The molecule has 5 nitrogen and oxygen atoms in total. The molecule has 0 saturated carbocycles. The Kier molecular flexibility index (Phi) is 4.41. The van der Waals surface area contributed by atoms with Crippen LogP contribution in [0.3, 0.4) is 0 Å². The van der Waals surface area contributed by atoms with E-state index >= 15 is 0 Å². The number of hydrogen-bond donors (Lipinski definition) is 1. The largest absolute Gasteiger partial charge is 0.292 e. The smallest absolute Gasteiger partial charge is 0.291 e. The maximum absolute atomic E-state index is 11.7. The Morgan fingerprint density at radius 2 is 2.17 bits per heavy atom. The van der Waals surface area contributed by atoms with E-state index in [9.17, 15) is 4.79 Å². The Bertz CT molecular complexity index is 575. The Hall–Kier alpha value is -1.30. The molecule has 0 spiro atoms. The molecule has 2 rings (SSSR count). The molecule has 0 aromatic carbocycles. The monoisotopic (exact) mass is 266 g/mol. The van der Waals surface area contributed by atoms with E-state index in [-0.39, 0.29) is 5.56 Å². The summed E-state index contributed by atoms with van der Waals surface area (Å²) in [6.45, 7) is 2.20. The summed E-state index contributed by atoms with van der Waals surface area (Å²) in [7, 11) is 1.69. The fourth-order valence-corrected chi connectivity index (χ4v) is 2.77. The first-order chi connectivity index (χ1) is 8.74. The summed E-state index contributed by atoms with van der Waals surface area (Å²) >= 11 is 1.69. The van der Waals surface area contributed by atoms with Gasteiger partial charge in [0.2, 0.25) is 0 Å². The van der Waals surface area contributed by atoms with Gasteiger partial charge >= 0.3 is 0 Å². The standard InChI is InChI=1S/C12H18N4OS/c1-3-4-5-6-7-18-11-9-10(13-8-14-11)12(17)16(2)15-9/h8,15H,3-7H2,1-2H3. The summed E-state index contributed by atoms with van der Waals surface area (Å²) in [5.74, 6) is 1.03. The van der Waals surface area contributed by atoms with E-state index in [1.807, 2.05) is 0 Å². The van der Waals surface area contributed by atoms with Gasteiger partial charge in [-0.3, -0.25) is 14.6 Å². The van der Waals surface area contributed by atoms with Crippen LogP contribution in [0.25, 0.3) is 11.0 Å².